The summed E-state index contributed by atoms with van der Waals surface area (Å²) >= 11 is 12.2. The van der Waals surface area contributed by atoms with Crippen LogP contribution in [0, 0.1) is 0 Å². The third kappa shape index (κ3) is 7.86. The van der Waals surface area contributed by atoms with Crippen molar-refractivity contribution in [1.29, 1.82) is 0 Å². The normalized spacial score (nSPS) is 12.5. The molecular formula is C25H29Cl2NO5. The van der Waals surface area contributed by atoms with Crippen LogP contribution in [0.1, 0.15) is 41.8 Å². The molecule has 1 unspecified atom stereocenters. The number of amides is 1. The topological polar surface area (TPSA) is 73.9 Å². The van der Waals surface area contributed by atoms with Crippen LogP contribution in [0.5, 0.6) is 0 Å². The van der Waals surface area contributed by atoms with Gasteiger partial charge < -0.3 is 19.5 Å². The summed E-state index contributed by atoms with van der Waals surface area (Å²) in [5.74, 6) is -1.11. The molecule has 0 aliphatic rings. The highest BCUT2D eigenvalue weighted by atomic mass is 35.5. The van der Waals surface area contributed by atoms with Gasteiger partial charge in [0.25, 0.3) is 5.91 Å². The van der Waals surface area contributed by atoms with Gasteiger partial charge in [-0.3, -0.25) is 4.79 Å². The zero-order valence-electron chi connectivity index (χ0n) is 19.2. The van der Waals surface area contributed by atoms with Crippen molar-refractivity contribution in [3.05, 3.63) is 75.3 Å². The van der Waals surface area contributed by atoms with Gasteiger partial charge in [0.2, 0.25) is 0 Å². The smallest absolute Gasteiger partial charge is 0.328 e. The molecule has 1 atom stereocenters. The van der Waals surface area contributed by atoms with Crippen LogP contribution in [-0.4, -0.2) is 45.4 Å². The minimum atomic E-state index is -0.890. The summed E-state index contributed by atoms with van der Waals surface area (Å²) in [5, 5.41) is 3.05. The fourth-order valence-corrected chi connectivity index (χ4v) is 3.67. The molecule has 1 N–H and O–H groups in total. The van der Waals surface area contributed by atoms with Crippen molar-refractivity contribution in [2.24, 2.45) is 0 Å². The molecule has 0 aliphatic carbocycles. The van der Waals surface area contributed by atoms with Crippen LogP contribution in [0.25, 0.3) is 6.08 Å². The van der Waals surface area contributed by atoms with Crippen LogP contribution in [0.4, 0.5) is 0 Å². The molecule has 33 heavy (non-hydrogen) atoms. The van der Waals surface area contributed by atoms with Crippen LogP contribution >= 0.6 is 23.2 Å². The van der Waals surface area contributed by atoms with Crippen molar-refractivity contribution in [3.63, 3.8) is 0 Å². The Hall–Kier alpha value is -2.38. The molecule has 0 heterocycles. The van der Waals surface area contributed by atoms with Gasteiger partial charge in [-0.15, -0.1) is 0 Å². The Morgan fingerprint density at radius 1 is 1.03 bits per heavy atom. The van der Waals surface area contributed by atoms with Gasteiger partial charge >= 0.3 is 5.97 Å². The lowest BCUT2D eigenvalue weighted by Crippen LogP contribution is -2.41. The van der Waals surface area contributed by atoms with Crippen LogP contribution in [-0.2, 0) is 24.6 Å². The Kier molecular flexibility index (Phi) is 10.4. The van der Waals surface area contributed by atoms with E-state index in [-0.39, 0.29) is 22.0 Å². The summed E-state index contributed by atoms with van der Waals surface area (Å²) in [5.41, 5.74) is 1.65. The molecule has 0 fully saturated rings. The molecule has 2 aromatic carbocycles. The molecule has 1 amide bonds. The number of halogens is 2. The average Bonchev–Trinajstić information content (AvgIpc) is 2.78. The van der Waals surface area contributed by atoms with Crippen molar-refractivity contribution in [1.82, 2.24) is 5.32 Å². The van der Waals surface area contributed by atoms with E-state index in [1.807, 2.05) is 44.2 Å². The zero-order chi connectivity index (χ0) is 24.4. The van der Waals surface area contributed by atoms with Crippen molar-refractivity contribution >= 4 is 41.2 Å². The van der Waals surface area contributed by atoms with E-state index in [0.29, 0.717) is 13.2 Å². The molecule has 0 bridgehead atoms. The van der Waals surface area contributed by atoms with E-state index in [9.17, 15) is 9.59 Å². The highest BCUT2D eigenvalue weighted by molar-refractivity contribution is 6.39. The zero-order valence-corrected chi connectivity index (χ0v) is 20.7. The van der Waals surface area contributed by atoms with Gasteiger partial charge in [0, 0.05) is 7.11 Å². The highest BCUT2D eigenvalue weighted by Crippen LogP contribution is 2.26. The van der Waals surface area contributed by atoms with Crippen LogP contribution in [0.3, 0.4) is 0 Å². The van der Waals surface area contributed by atoms with Crippen molar-refractivity contribution in [2.45, 2.75) is 31.9 Å². The van der Waals surface area contributed by atoms with Gasteiger partial charge in [0.1, 0.15) is 6.04 Å². The standard InChI is InChI=1S/C25H29Cl2NO5/c1-25(2,33-16-15-31-3)18-13-11-17(12-14-18)7-5-10-21(24(30)32-4)28-23(29)22-19(26)8-6-9-20(22)27/h5-9,11-14,21H,10,15-16H2,1-4H3,(H,28,29)/b7-5+. The number of ether oxygens (including phenoxy) is 3. The van der Waals surface area contributed by atoms with E-state index >= 15 is 0 Å². The number of carbonyl (C=O) groups is 2. The fraction of sp³-hybridized carbons (Fsp3) is 0.360. The van der Waals surface area contributed by atoms with Crippen LogP contribution in [0.15, 0.2) is 48.5 Å². The Morgan fingerprint density at radius 2 is 1.67 bits per heavy atom. The summed E-state index contributed by atoms with van der Waals surface area (Å²) in [7, 11) is 2.91. The van der Waals surface area contributed by atoms with Crippen molar-refractivity contribution in [2.75, 3.05) is 27.4 Å². The van der Waals surface area contributed by atoms with E-state index in [1.165, 1.54) is 7.11 Å². The second-order valence-corrected chi connectivity index (χ2v) is 8.57. The van der Waals surface area contributed by atoms with Crippen molar-refractivity contribution < 1.29 is 23.8 Å². The maximum Gasteiger partial charge on any atom is 0.328 e. The van der Waals surface area contributed by atoms with E-state index < -0.39 is 23.5 Å². The molecule has 0 saturated carbocycles. The third-order valence-corrected chi connectivity index (χ3v) is 5.65. The number of benzene rings is 2. The average molecular weight is 494 g/mol. The lowest BCUT2D eigenvalue weighted by molar-refractivity contribution is -0.142. The predicted octanol–water partition coefficient (Wildman–Crippen LogP) is 5.27. The van der Waals surface area contributed by atoms with Gasteiger partial charge in [-0.25, -0.2) is 4.79 Å². The molecule has 0 aliphatic heterocycles. The van der Waals surface area contributed by atoms with Crippen LogP contribution < -0.4 is 5.32 Å². The van der Waals surface area contributed by atoms with Crippen LogP contribution in [0.2, 0.25) is 10.0 Å². The number of rotatable bonds is 11. The molecule has 178 valence electrons. The molecule has 6 nitrogen and oxygen atoms in total. The molecule has 0 aromatic heterocycles. The molecule has 2 rings (SSSR count). The fourth-order valence-electron chi connectivity index (χ4n) is 3.10. The Balaban J connectivity index is 2.05. The molecule has 8 heteroatoms. The molecular weight excluding hydrogens is 465 g/mol. The maximum absolute atomic E-state index is 12.6. The predicted molar refractivity (Wildman–Crippen MR) is 131 cm³/mol. The lowest BCUT2D eigenvalue weighted by Gasteiger charge is -2.26. The van der Waals surface area contributed by atoms with E-state index in [0.717, 1.165) is 11.1 Å². The van der Waals surface area contributed by atoms with Gasteiger partial charge in [-0.2, -0.15) is 0 Å². The Morgan fingerprint density at radius 3 is 2.24 bits per heavy atom. The quantitative estimate of drug-likeness (QED) is 0.341. The number of hydrogen-bond donors (Lipinski definition) is 1. The Bertz CT molecular complexity index is 953. The number of carbonyl (C=O) groups excluding carboxylic acids is 2. The summed E-state index contributed by atoms with van der Waals surface area (Å²) in [6, 6.07) is 11.8. The summed E-state index contributed by atoms with van der Waals surface area (Å²) in [4.78, 5) is 24.8. The number of methoxy groups -OCH3 is 2. The summed E-state index contributed by atoms with van der Waals surface area (Å²) < 4.78 is 15.7. The first kappa shape index (κ1) is 26.9. The molecule has 0 spiro atoms. The minimum Gasteiger partial charge on any atom is -0.467 e. The summed E-state index contributed by atoms with van der Waals surface area (Å²) in [6.07, 6.45) is 3.90. The van der Waals surface area contributed by atoms with Crippen molar-refractivity contribution in [3.8, 4) is 0 Å². The van der Waals surface area contributed by atoms with Gasteiger partial charge in [0.05, 0.1) is 41.5 Å². The second-order valence-electron chi connectivity index (χ2n) is 7.76. The Labute approximate surface area is 204 Å². The number of esters is 1. The largest absolute Gasteiger partial charge is 0.467 e. The first-order valence-corrected chi connectivity index (χ1v) is 11.2. The second kappa shape index (κ2) is 12.8. The third-order valence-electron chi connectivity index (χ3n) is 5.02. The molecule has 2 aromatic rings. The molecule has 0 radical (unpaired) electrons. The summed E-state index contributed by atoms with van der Waals surface area (Å²) in [6.45, 7) is 5.04. The number of hydrogen-bond acceptors (Lipinski definition) is 5. The SMILES string of the molecule is COCCOC(C)(C)c1ccc(/C=C/CC(NC(=O)c2c(Cl)cccc2Cl)C(=O)OC)cc1. The minimum absolute atomic E-state index is 0.115. The molecule has 0 saturated heterocycles. The lowest BCUT2D eigenvalue weighted by atomic mass is 9.96. The van der Waals surface area contributed by atoms with E-state index in [4.69, 9.17) is 37.4 Å². The van der Waals surface area contributed by atoms with Gasteiger partial charge in [0.15, 0.2) is 0 Å². The van der Waals surface area contributed by atoms with E-state index in [2.05, 4.69) is 5.32 Å². The monoisotopic (exact) mass is 493 g/mol. The van der Waals surface area contributed by atoms with E-state index in [1.54, 1.807) is 31.4 Å². The highest BCUT2D eigenvalue weighted by Gasteiger charge is 2.24. The van der Waals surface area contributed by atoms with Gasteiger partial charge in [-0.05, 0) is 43.5 Å². The first-order valence-electron chi connectivity index (χ1n) is 10.4. The number of nitrogens with one attached hydrogen (secondary N) is 1. The first-order chi connectivity index (χ1) is 15.7. The van der Waals surface area contributed by atoms with Gasteiger partial charge in [-0.1, -0.05) is 65.7 Å². The maximum atomic E-state index is 12.6.